The number of aliphatic hydroxyl groups is 1. The second kappa shape index (κ2) is 4.34. The minimum absolute atomic E-state index is 0.0779. The first-order chi connectivity index (χ1) is 8.99. The molecule has 2 aliphatic rings. The lowest BCUT2D eigenvalue weighted by molar-refractivity contribution is -0.167. The molecule has 1 heterocycles. The molecule has 3 rings (SSSR count). The number of amides is 1. The Morgan fingerprint density at radius 1 is 1.26 bits per heavy atom. The summed E-state index contributed by atoms with van der Waals surface area (Å²) in [6.45, 7) is 5.01. The second-order valence-corrected chi connectivity index (χ2v) is 6.33. The van der Waals surface area contributed by atoms with Crippen molar-refractivity contribution < 1.29 is 9.90 Å². The van der Waals surface area contributed by atoms with Crippen molar-refractivity contribution in [3.8, 4) is 0 Å². The Kier molecular flexibility index (Phi) is 2.90. The first kappa shape index (κ1) is 12.7. The van der Waals surface area contributed by atoms with E-state index in [1.165, 1.54) is 11.1 Å². The summed E-state index contributed by atoms with van der Waals surface area (Å²) in [5, 5.41) is 10.2. The van der Waals surface area contributed by atoms with Gasteiger partial charge in [0.05, 0.1) is 13.1 Å². The van der Waals surface area contributed by atoms with Crippen LogP contribution in [-0.2, 0) is 17.6 Å². The van der Waals surface area contributed by atoms with E-state index in [9.17, 15) is 9.90 Å². The molecule has 19 heavy (non-hydrogen) atoms. The Bertz CT molecular complexity index is 478. The lowest BCUT2D eigenvalue weighted by Crippen LogP contribution is -2.66. The van der Waals surface area contributed by atoms with Crippen LogP contribution in [0.4, 0.5) is 0 Å². The molecule has 1 amide bonds. The van der Waals surface area contributed by atoms with Crippen molar-refractivity contribution in [3.63, 3.8) is 0 Å². The van der Waals surface area contributed by atoms with Crippen LogP contribution in [0.2, 0.25) is 0 Å². The molecule has 1 aliphatic heterocycles. The van der Waals surface area contributed by atoms with Gasteiger partial charge in [-0.05, 0) is 29.9 Å². The van der Waals surface area contributed by atoms with Crippen molar-refractivity contribution in [2.45, 2.75) is 32.3 Å². The Balaban J connectivity index is 1.63. The number of β-amino-alcohol motifs (C(OH)–C–C–N with tert-alkyl or cyclic N) is 1. The highest BCUT2D eigenvalue weighted by Crippen LogP contribution is 2.33. The number of likely N-dealkylation sites (tertiary alicyclic amines) is 1. The van der Waals surface area contributed by atoms with E-state index in [-0.39, 0.29) is 17.7 Å². The lowest BCUT2D eigenvalue weighted by Gasteiger charge is -2.49. The highest BCUT2D eigenvalue weighted by Gasteiger charge is 2.47. The zero-order valence-electron chi connectivity index (χ0n) is 11.6. The van der Waals surface area contributed by atoms with Crippen LogP contribution in [0.5, 0.6) is 0 Å². The van der Waals surface area contributed by atoms with Crippen LogP contribution in [0.25, 0.3) is 0 Å². The predicted molar refractivity (Wildman–Crippen MR) is 73.7 cm³/mol. The molecule has 0 aromatic heterocycles. The van der Waals surface area contributed by atoms with Gasteiger partial charge in [-0.2, -0.15) is 0 Å². The minimum Gasteiger partial charge on any atom is -0.386 e. The zero-order valence-corrected chi connectivity index (χ0v) is 11.6. The van der Waals surface area contributed by atoms with Crippen molar-refractivity contribution in [2.24, 2.45) is 11.8 Å². The van der Waals surface area contributed by atoms with E-state index in [1.807, 2.05) is 30.9 Å². The fraction of sp³-hybridized carbons (Fsp3) is 0.562. The van der Waals surface area contributed by atoms with Gasteiger partial charge in [0.2, 0.25) is 5.91 Å². The smallest absolute Gasteiger partial charge is 0.226 e. The average molecular weight is 259 g/mol. The van der Waals surface area contributed by atoms with Gasteiger partial charge in [-0.1, -0.05) is 38.1 Å². The quantitative estimate of drug-likeness (QED) is 0.877. The Hall–Kier alpha value is -1.35. The lowest BCUT2D eigenvalue weighted by atomic mass is 9.82. The van der Waals surface area contributed by atoms with E-state index in [2.05, 4.69) is 12.1 Å². The highest BCUT2D eigenvalue weighted by atomic mass is 16.3. The molecular formula is C16H21NO2. The van der Waals surface area contributed by atoms with Gasteiger partial charge in [-0.15, -0.1) is 0 Å². The molecule has 3 heteroatoms. The van der Waals surface area contributed by atoms with Crippen LogP contribution >= 0.6 is 0 Å². The van der Waals surface area contributed by atoms with Crippen molar-refractivity contribution in [1.29, 1.82) is 0 Å². The molecule has 0 radical (unpaired) electrons. The molecule has 0 saturated carbocycles. The molecule has 102 valence electrons. The van der Waals surface area contributed by atoms with Gasteiger partial charge in [0, 0.05) is 5.92 Å². The normalized spacial score (nSPS) is 21.4. The number of carbonyl (C=O) groups is 1. The Morgan fingerprint density at radius 2 is 1.79 bits per heavy atom. The number of nitrogens with zero attached hydrogens (tertiary/aromatic N) is 1. The van der Waals surface area contributed by atoms with Crippen LogP contribution in [0, 0.1) is 11.8 Å². The fourth-order valence-corrected chi connectivity index (χ4v) is 3.13. The number of rotatable bonds is 2. The van der Waals surface area contributed by atoms with Gasteiger partial charge in [0.15, 0.2) is 0 Å². The zero-order chi connectivity index (χ0) is 13.6. The molecule has 1 fully saturated rings. The van der Waals surface area contributed by atoms with Crippen molar-refractivity contribution >= 4 is 5.91 Å². The van der Waals surface area contributed by atoms with E-state index >= 15 is 0 Å². The third-order valence-electron chi connectivity index (χ3n) is 4.72. The summed E-state index contributed by atoms with van der Waals surface area (Å²) in [4.78, 5) is 14.2. The van der Waals surface area contributed by atoms with Crippen molar-refractivity contribution in [3.05, 3.63) is 35.4 Å². The van der Waals surface area contributed by atoms with Gasteiger partial charge in [0.1, 0.15) is 5.60 Å². The average Bonchev–Trinajstić information content (AvgIpc) is 2.77. The number of hydrogen-bond donors (Lipinski definition) is 1. The van der Waals surface area contributed by atoms with Crippen molar-refractivity contribution in [2.75, 3.05) is 13.1 Å². The largest absolute Gasteiger partial charge is 0.386 e. The molecular weight excluding hydrogens is 238 g/mol. The summed E-state index contributed by atoms with van der Waals surface area (Å²) in [5.41, 5.74) is 1.95. The SMILES string of the molecule is CC(C)C1(O)CN(C(=O)C2Cc3ccccc3C2)C1. The summed E-state index contributed by atoms with van der Waals surface area (Å²) < 4.78 is 0. The van der Waals surface area contributed by atoms with E-state index in [4.69, 9.17) is 0 Å². The maximum atomic E-state index is 12.4. The summed E-state index contributed by atoms with van der Waals surface area (Å²) in [7, 11) is 0. The maximum absolute atomic E-state index is 12.4. The van der Waals surface area contributed by atoms with Crippen LogP contribution in [0.15, 0.2) is 24.3 Å². The first-order valence-electron chi connectivity index (χ1n) is 7.07. The molecule has 1 aromatic carbocycles. The van der Waals surface area contributed by atoms with E-state index in [0.717, 1.165) is 12.8 Å². The summed E-state index contributed by atoms with van der Waals surface area (Å²) in [6, 6.07) is 8.30. The molecule has 0 unspecified atom stereocenters. The van der Waals surface area contributed by atoms with Crippen molar-refractivity contribution in [1.82, 2.24) is 4.90 Å². The molecule has 1 N–H and O–H groups in total. The number of hydrogen-bond acceptors (Lipinski definition) is 2. The highest BCUT2D eigenvalue weighted by molar-refractivity contribution is 5.81. The molecule has 0 bridgehead atoms. The van der Waals surface area contributed by atoms with E-state index in [0.29, 0.717) is 13.1 Å². The molecule has 3 nitrogen and oxygen atoms in total. The summed E-state index contributed by atoms with van der Waals surface area (Å²) in [6.07, 6.45) is 1.71. The molecule has 0 atom stereocenters. The van der Waals surface area contributed by atoms with Gasteiger partial charge in [-0.3, -0.25) is 4.79 Å². The summed E-state index contributed by atoms with van der Waals surface area (Å²) in [5.74, 6) is 0.493. The van der Waals surface area contributed by atoms with Crippen LogP contribution in [-0.4, -0.2) is 34.6 Å². The Morgan fingerprint density at radius 3 is 2.26 bits per heavy atom. The van der Waals surface area contributed by atoms with Gasteiger partial charge < -0.3 is 10.0 Å². The second-order valence-electron chi connectivity index (χ2n) is 6.33. The number of fused-ring (bicyclic) bond motifs is 1. The third-order valence-corrected chi connectivity index (χ3v) is 4.72. The fourth-order valence-electron chi connectivity index (χ4n) is 3.13. The summed E-state index contributed by atoms with van der Waals surface area (Å²) >= 11 is 0. The van der Waals surface area contributed by atoms with Gasteiger partial charge >= 0.3 is 0 Å². The predicted octanol–water partition coefficient (Wildman–Crippen LogP) is 1.63. The third kappa shape index (κ3) is 2.06. The van der Waals surface area contributed by atoms with Crippen LogP contribution in [0.3, 0.4) is 0 Å². The van der Waals surface area contributed by atoms with E-state index < -0.39 is 5.60 Å². The molecule has 0 spiro atoms. The molecule has 1 aromatic rings. The van der Waals surface area contributed by atoms with Crippen LogP contribution < -0.4 is 0 Å². The standard InChI is InChI=1S/C16H21NO2/c1-11(2)16(19)9-17(10-16)15(18)14-7-12-5-3-4-6-13(12)8-14/h3-6,11,14,19H,7-10H2,1-2H3. The maximum Gasteiger partial charge on any atom is 0.226 e. The first-order valence-corrected chi connectivity index (χ1v) is 7.07. The molecule has 1 saturated heterocycles. The molecule has 1 aliphatic carbocycles. The van der Waals surface area contributed by atoms with Gasteiger partial charge in [-0.25, -0.2) is 0 Å². The monoisotopic (exact) mass is 259 g/mol. The number of benzene rings is 1. The minimum atomic E-state index is -0.666. The van der Waals surface area contributed by atoms with E-state index in [1.54, 1.807) is 0 Å². The number of carbonyl (C=O) groups excluding carboxylic acids is 1. The topological polar surface area (TPSA) is 40.5 Å². The Labute approximate surface area is 114 Å². The van der Waals surface area contributed by atoms with Crippen LogP contribution in [0.1, 0.15) is 25.0 Å². The van der Waals surface area contributed by atoms with Gasteiger partial charge in [0.25, 0.3) is 0 Å².